The molecule has 17 heavy (non-hydrogen) atoms. The van der Waals surface area contributed by atoms with Crippen molar-refractivity contribution >= 4 is 5.69 Å². The van der Waals surface area contributed by atoms with Crippen LogP contribution in [-0.4, -0.2) is 25.0 Å². The lowest BCUT2D eigenvalue weighted by molar-refractivity contribution is 0.255. The first-order valence-electron chi connectivity index (χ1n) is 6.69. The molecule has 2 rings (SSSR count). The Labute approximate surface area is 105 Å². The van der Waals surface area contributed by atoms with Gasteiger partial charge in [0.2, 0.25) is 0 Å². The van der Waals surface area contributed by atoms with Crippen molar-refractivity contribution in [2.45, 2.75) is 39.0 Å². The first kappa shape index (κ1) is 12.4. The van der Waals surface area contributed by atoms with Crippen LogP contribution in [0.3, 0.4) is 0 Å². The van der Waals surface area contributed by atoms with Crippen molar-refractivity contribution in [1.82, 2.24) is 4.90 Å². The van der Waals surface area contributed by atoms with Gasteiger partial charge in [0.25, 0.3) is 0 Å². The van der Waals surface area contributed by atoms with Crippen molar-refractivity contribution in [3.63, 3.8) is 0 Å². The molecule has 1 aliphatic heterocycles. The number of rotatable bonds is 2. The van der Waals surface area contributed by atoms with E-state index < -0.39 is 0 Å². The lowest BCUT2D eigenvalue weighted by Crippen LogP contribution is -2.29. The van der Waals surface area contributed by atoms with E-state index in [1.165, 1.54) is 42.6 Å². The highest BCUT2D eigenvalue weighted by Gasteiger charge is 2.20. The molecule has 94 valence electrons. The van der Waals surface area contributed by atoms with E-state index in [9.17, 15) is 0 Å². The van der Waals surface area contributed by atoms with Crippen molar-refractivity contribution in [3.05, 3.63) is 28.8 Å². The summed E-state index contributed by atoms with van der Waals surface area (Å²) in [6.07, 6.45) is 3.60. The van der Waals surface area contributed by atoms with Gasteiger partial charge in [-0.05, 0) is 75.0 Å². The molecular weight excluding hydrogens is 208 g/mol. The molecule has 2 N–H and O–H groups in total. The zero-order valence-electron chi connectivity index (χ0n) is 11.3. The Kier molecular flexibility index (Phi) is 3.72. The largest absolute Gasteiger partial charge is 0.398 e. The fraction of sp³-hybridized carbons (Fsp3) is 0.600. The van der Waals surface area contributed by atoms with Crippen molar-refractivity contribution in [3.8, 4) is 0 Å². The van der Waals surface area contributed by atoms with Gasteiger partial charge in [-0.15, -0.1) is 0 Å². The molecule has 0 bridgehead atoms. The fourth-order valence-electron chi connectivity index (χ4n) is 2.86. The molecular formula is C15H24N2. The summed E-state index contributed by atoms with van der Waals surface area (Å²) in [5, 5.41) is 0. The Balaban J connectivity index is 2.25. The molecule has 0 spiro atoms. The predicted octanol–water partition coefficient (Wildman–Crippen LogP) is 2.95. The van der Waals surface area contributed by atoms with E-state index in [4.69, 9.17) is 5.73 Å². The number of piperidine rings is 1. The van der Waals surface area contributed by atoms with Gasteiger partial charge in [0.1, 0.15) is 0 Å². The Morgan fingerprint density at radius 3 is 2.53 bits per heavy atom. The van der Waals surface area contributed by atoms with E-state index in [2.05, 4.69) is 37.9 Å². The molecule has 1 aromatic rings. The standard InChI is InChI=1S/C15H24N2/c1-4-12-10-14(11(2)9-15(12)16)13-5-7-17(3)8-6-13/h9-10,13H,4-8,16H2,1-3H3. The molecule has 1 aromatic carbocycles. The van der Waals surface area contributed by atoms with Gasteiger partial charge in [-0.2, -0.15) is 0 Å². The monoisotopic (exact) mass is 232 g/mol. The molecule has 1 aliphatic rings. The van der Waals surface area contributed by atoms with Crippen LogP contribution in [-0.2, 0) is 6.42 Å². The van der Waals surface area contributed by atoms with Gasteiger partial charge in [-0.3, -0.25) is 0 Å². The highest BCUT2D eigenvalue weighted by Crippen LogP contribution is 2.32. The molecule has 2 nitrogen and oxygen atoms in total. The van der Waals surface area contributed by atoms with Crippen LogP contribution >= 0.6 is 0 Å². The van der Waals surface area contributed by atoms with Crippen LogP contribution in [0, 0.1) is 6.92 Å². The Hall–Kier alpha value is -1.02. The highest BCUT2D eigenvalue weighted by atomic mass is 15.1. The number of hydrogen-bond donors (Lipinski definition) is 1. The summed E-state index contributed by atoms with van der Waals surface area (Å²) in [5.74, 6) is 0.733. The zero-order valence-corrected chi connectivity index (χ0v) is 11.3. The van der Waals surface area contributed by atoms with Crippen LogP contribution in [0.15, 0.2) is 12.1 Å². The third-order valence-electron chi connectivity index (χ3n) is 4.07. The molecule has 1 saturated heterocycles. The minimum Gasteiger partial charge on any atom is -0.398 e. The van der Waals surface area contributed by atoms with Gasteiger partial charge in [0.05, 0.1) is 0 Å². The summed E-state index contributed by atoms with van der Waals surface area (Å²) in [7, 11) is 2.21. The third kappa shape index (κ3) is 2.63. The summed E-state index contributed by atoms with van der Waals surface area (Å²) >= 11 is 0. The number of anilines is 1. The van der Waals surface area contributed by atoms with Gasteiger partial charge >= 0.3 is 0 Å². The first-order valence-corrected chi connectivity index (χ1v) is 6.69. The first-order chi connectivity index (χ1) is 8.11. The van der Waals surface area contributed by atoms with Crippen molar-refractivity contribution < 1.29 is 0 Å². The summed E-state index contributed by atoms with van der Waals surface area (Å²) in [5.41, 5.74) is 11.2. The second kappa shape index (κ2) is 5.09. The molecule has 0 unspecified atom stereocenters. The second-order valence-corrected chi connectivity index (χ2v) is 5.34. The van der Waals surface area contributed by atoms with Crippen LogP contribution in [0.2, 0.25) is 0 Å². The maximum atomic E-state index is 6.04. The molecule has 0 saturated carbocycles. The average Bonchev–Trinajstić information content (AvgIpc) is 2.31. The highest BCUT2D eigenvalue weighted by molar-refractivity contribution is 5.52. The number of nitrogens with two attached hydrogens (primary N) is 1. The van der Waals surface area contributed by atoms with Crippen LogP contribution in [0.5, 0.6) is 0 Å². The molecule has 0 aliphatic carbocycles. The minimum atomic E-state index is 0.733. The van der Waals surface area contributed by atoms with Crippen molar-refractivity contribution in [1.29, 1.82) is 0 Å². The van der Waals surface area contributed by atoms with E-state index in [0.717, 1.165) is 18.0 Å². The maximum absolute atomic E-state index is 6.04. The zero-order chi connectivity index (χ0) is 12.4. The predicted molar refractivity (Wildman–Crippen MR) is 74.4 cm³/mol. The smallest absolute Gasteiger partial charge is 0.0349 e. The van der Waals surface area contributed by atoms with Crippen LogP contribution in [0.4, 0.5) is 5.69 Å². The van der Waals surface area contributed by atoms with Gasteiger partial charge in [-0.1, -0.05) is 13.0 Å². The summed E-state index contributed by atoms with van der Waals surface area (Å²) in [6, 6.07) is 4.51. The molecule has 1 heterocycles. The van der Waals surface area contributed by atoms with Crippen molar-refractivity contribution in [2.75, 3.05) is 25.9 Å². The fourth-order valence-corrected chi connectivity index (χ4v) is 2.86. The van der Waals surface area contributed by atoms with Gasteiger partial charge in [0.15, 0.2) is 0 Å². The summed E-state index contributed by atoms with van der Waals surface area (Å²) in [4.78, 5) is 2.42. The van der Waals surface area contributed by atoms with E-state index in [0.29, 0.717) is 0 Å². The summed E-state index contributed by atoms with van der Waals surface area (Å²) < 4.78 is 0. The summed E-state index contributed by atoms with van der Waals surface area (Å²) in [6.45, 7) is 6.81. The maximum Gasteiger partial charge on any atom is 0.0349 e. The quantitative estimate of drug-likeness (QED) is 0.794. The minimum absolute atomic E-state index is 0.733. The Bertz CT molecular complexity index is 390. The molecule has 0 radical (unpaired) electrons. The number of hydrogen-bond acceptors (Lipinski definition) is 2. The van der Waals surface area contributed by atoms with Crippen LogP contribution in [0.1, 0.15) is 42.4 Å². The van der Waals surface area contributed by atoms with E-state index in [1.54, 1.807) is 0 Å². The Morgan fingerprint density at radius 1 is 1.29 bits per heavy atom. The van der Waals surface area contributed by atoms with Gasteiger partial charge in [-0.25, -0.2) is 0 Å². The van der Waals surface area contributed by atoms with Gasteiger partial charge < -0.3 is 10.6 Å². The topological polar surface area (TPSA) is 29.3 Å². The van der Waals surface area contributed by atoms with E-state index in [1.807, 2.05) is 0 Å². The lowest BCUT2D eigenvalue weighted by Gasteiger charge is -2.30. The lowest BCUT2D eigenvalue weighted by atomic mass is 9.85. The van der Waals surface area contributed by atoms with Crippen molar-refractivity contribution in [2.24, 2.45) is 0 Å². The van der Waals surface area contributed by atoms with Gasteiger partial charge in [0, 0.05) is 5.69 Å². The molecule has 1 fully saturated rings. The van der Waals surface area contributed by atoms with Crippen LogP contribution in [0.25, 0.3) is 0 Å². The molecule has 2 heteroatoms. The number of nitrogen functional groups attached to an aromatic ring is 1. The molecule has 0 amide bonds. The number of benzene rings is 1. The second-order valence-electron chi connectivity index (χ2n) is 5.34. The SMILES string of the molecule is CCc1cc(C2CCN(C)CC2)c(C)cc1N. The molecule has 0 atom stereocenters. The Morgan fingerprint density at radius 2 is 1.94 bits per heavy atom. The number of likely N-dealkylation sites (tertiary alicyclic amines) is 1. The molecule has 0 aromatic heterocycles. The number of nitrogens with zero attached hydrogens (tertiary/aromatic N) is 1. The third-order valence-corrected chi connectivity index (χ3v) is 4.07. The van der Waals surface area contributed by atoms with E-state index in [-0.39, 0.29) is 0 Å². The van der Waals surface area contributed by atoms with Crippen LogP contribution < -0.4 is 5.73 Å². The van der Waals surface area contributed by atoms with E-state index >= 15 is 0 Å². The normalized spacial score (nSPS) is 18.5. The average molecular weight is 232 g/mol. The number of aryl methyl sites for hydroxylation is 2.